The average Bonchev–Trinajstić information content (AvgIpc) is 2.67. The number of hydrogen-bond donors (Lipinski definition) is 1. The molecule has 0 aliphatic heterocycles. The molecule has 1 saturated carbocycles. The Morgan fingerprint density at radius 1 is 1.44 bits per heavy atom. The second-order valence-electron chi connectivity index (χ2n) is 4.63. The molecule has 1 fully saturated rings. The fourth-order valence-corrected chi connectivity index (χ4v) is 3.41. The molecule has 1 aliphatic carbocycles. The van der Waals surface area contributed by atoms with E-state index in [9.17, 15) is 0 Å². The summed E-state index contributed by atoms with van der Waals surface area (Å²) in [6.45, 7) is 2.28. The summed E-state index contributed by atoms with van der Waals surface area (Å²) in [5.74, 6) is 0.961. The molecule has 0 radical (unpaired) electrons. The molecule has 0 bridgehead atoms. The summed E-state index contributed by atoms with van der Waals surface area (Å²) < 4.78 is 0. The Bertz CT molecular complexity index is 319. The minimum atomic E-state index is 0.604. The van der Waals surface area contributed by atoms with E-state index in [1.807, 2.05) is 5.38 Å². The molecule has 0 spiro atoms. The molecule has 1 N–H and O–H groups in total. The Labute approximate surface area is 106 Å². The molecular formula is C12H19ClN2S. The Balaban J connectivity index is 1.77. The van der Waals surface area contributed by atoms with Crippen molar-refractivity contribution in [3.8, 4) is 0 Å². The van der Waals surface area contributed by atoms with E-state index in [4.69, 9.17) is 11.6 Å². The lowest BCUT2D eigenvalue weighted by Gasteiger charge is -2.28. The van der Waals surface area contributed by atoms with Gasteiger partial charge in [-0.1, -0.05) is 31.4 Å². The summed E-state index contributed by atoms with van der Waals surface area (Å²) in [5, 5.41) is 6.95. The lowest BCUT2D eigenvalue weighted by atomic mass is 9.83. The van der Waals surface area contributed by atoms with Gasteiger partial charge in [0.25, 0.3) is 0 Å². The first kappa shape index (κ1) is 12.2. The standard InChI is InChI=1S/C12H19ClN2S/c1-2-3-9-4-6-10(7-5-9)14-12-15-11(13)8-16-12/h8-10H,2-7H2,1H3,(H,14,15). The van der Waals surface area contributed by atoms with Crippen LogP contribution in [-0.4, -0.2) is 11.0 Å². The molecule has 2 nitrogen and oxygen atoms in total. The van der Waals surface area contributed by atoms with Crippen LogP contribution in [0.2, 0.25) is 5.15 Å². The number of nitrogens with zero attached hydrogens (tertiary/aromatic N) is 1. The van der Waals surface area contributed by atoms with Crippen LogP contribution in [0.5, 0.6) is 0 Å². The van der Waals surface area contributed by atoms with Gasteiger partial charge in [0, 0.05) is 11.4 Å². The van der Waals surface area contributed by atoms with E-state index < -0.39 is 0 Å². The molecule has 1 heterocycles. The molecule has 4 heteroatoms. The summed E-state index contributed by atoms with van der Waals surface area (Å²) in [6.07, 6.45) is 8.01. The van der Waals surface area contributed by atoms with Gasteiger partial charge in [-0.05, 0) is 31.6 Å². The van der Waals surface area contributed by atoms with E-state index in [2.05, 4.69) is 17.2 Å². The highest BCUT2D eigenvalue weighted by molar-refractivity contribution is 7.14. The third-order valence-electron chi connectivity index (χ3n) is 3.35. The molecule has 1 aromatic heterocycles. The summed E-state index contributed by atoms with van der Waals surface area (Å²) in [5.41, 5.74) is 0. The third-order valence-corrected chi connectivity index (χ3v) is 4.44. The van der Waals surface area contributed by atoms with Crippen molar-refractivity contribution in [3.05, 3.63) is 10.5 Å². The number of hydrogen-bond acceptors (Lipinski definition) is 3. The SMILES string of the molecule is CCCC1CCC(Nc2nc(Cl)cs2)CC1. The second kappa shape index (κ2) is 5.87. The minimum Gasteiger partial charge on any atom is -0.359 e. The van der Waals surface area contributed by atoms with Crippen LogP contribution < -0.4 is 5.32 Å². The fourth-order valence-electron chi connectivity index (χ4n) is 2.50. The molecule has 2 rings (SSSR count). The maximum absolute atomic E-state index is 5.80. The zero-order valence-corrected chi connectivity index (χ0v) is 11.3. The van der Waals surface area contributed by atoms with Gasteiger partial charge in [0.15, 0.2) is 5.13 Å². The first-order valence-corrected chi connectivity index (χ1v) is 7.41. The van der Waals surface area contributed by atoms with E-state index in [0.717, 1.165) is 11.0 Å². The highest BCUT2D eigenvalue weighted by atomic mass is 35.5. The quantitative estimate of drug-likeness (QED) is 0.856. The maximum Gasteiger partial charge on any atom is 0.184 e. The molecule has 1 aromatic rings. The van der Waals surface area contributed by atoms with Gasteiger partial charge in [0.05, 0.1) is 0 Å². The van der Waals surface area contributed by atoms with Crippen LogP contribution in [0, 0.1) is 5.92 Å². The lowest BCUT2D eigenvalue weighted by Crippen LogP contribution is -2.25. The maximum atomic E-state index is 5.80. The van der Waals surface area contributed by atoms with Gasteiger partial charge in [-0.25, -0.2) is 4.98 Å². The van der Waals surface area contributed by atoms with Crippen LogP contribution in [-0.2, 0) is 0 Å². The van der Waals surface area contributed by atoms with Crippen LogP contribution in [0.15, 0.2) is 5.38 Å². The number of halogens is 1. The molecule has 0 aromatic carbocycles. The first-order chi connectivity index (χ1) is 7.78. The van der Waals surface area contributed by atoms with Gasteiger partial charge in [-0.15, -0.1) is 11.3 Å². The topological polar surface area (TPSA) is 24.9 Å². The van der Waals surface area contributed by atoms with E-state index in [1.54, 1.807) is 11.3 Å². The third kappa shape index (κ3) is 3.36. The van der Waals surface area contributed by atoms with E-state index in [0.29, 0.717) is 11.2 Å². The van der Waals surface area contributed by atoms with Crippen molar-refractivity contribution < 1.29 is 0 Å². The van der Waals surface area contributed by atoms with Crippen molar-refractivity contribution in [1.29, 1.82) is 0 Å². The molecule has 16 heavy (non-hydrogen) atoms. The normalized spacial score (nSPS) is 25.6. The van der Waals surface area contributed by atoms with Crippen molar-refractivity contribution in [1.82, 2.24) is 4.98 Å². The van der Waals surface area contributed by atoms with Crippen molar-refractivity contribution >= 4 is 28.1 Å². The second-order valence-corrected chi connectivity index (χ2v) is 5.87. The Morgan fingerprint density at radius 2 is 2.19 bits per heavy atom. The molecule has 0 unspecified atom stereocenters. The van der Waals surface area contributed by atoms with Crippen LogP contribution in [0.1, 0.15) is 45.4 Å². The summed E-state index contributed by atoms with van der Waals surface area (Å²) >= 11 is 7.40. The molecule has 0 atom stereocenters. The molecule has 0 saturated heterocycles. The van der Waals surface area contributed by atoms with Gasteiger partial charge < -0.3 is 5.32 Å². The molecule has 0 amide bonds. The predicted octanol–water partition coefficient (Wildman–Crippen LogP) is 4.57. The number of aromatic nitrogens is 1. The van der Waals surface area contributed by atoms with E-state index >= 15 is 0 Å². The van der Waals surface area contributed by atoms with Crippen LogP contribution in [0.3, 0.4) is 0 Å². The highest BCUT2D eigenvalue weighted by Gasteiger charge is 2.20. The zero-order chi connectivity index (χ0) is 11.4. The number of rotatable bonds is 4. The van der Waals surface area contributed by atoms with Crippen LogP contribution >= 0.6 is 22.9 Å². The summed E-state index contributed by atoms with van der Waals surface area (Å²) in [6, 6.07) is 0.607. The highest BCUT2D eigenvalue weighted by Crippen LogP contribution is 2.30. The fraction of sp³-hybridized carbons (Fsp3) is 0.750. The Kier molecular flexibility index (Phi) is 4.47. The van der Waals surface area contributed by atoms with Gasteiger partial charge in [-0.2, -0.15) is 0 Å². The van der Waals surface area contributed by atoms with Crippen molar-refractivity contribution in [2.75, 3.05) is 5.32 Å². The Morgan fingerprint density at radius 3 is 2.75 bits per heavy atom. The first-order valence-electron chi connectivity index (χ1n) is 6.15. The monoisotopic (exact) mass is 258 g/mol. The summed E-state index contributed by atoms with van der Waals surface area (Å²) in [7, 11) is 0. The largest absolute Gasteiger partial charge is 0.359 e. The predicted molar refractivity (Wildman–Crippen MR) is 71.4 cm³/mol. The zero-order valence-electron chi connectivity index (χ0n) is 9.71. The van der Waals surface area contributed by atoms with Gasteiger partial charge in [-0.3, -0.25) is 0 Å². The minimum absolute atomic E-state index is 0.604. The number of nitrogens with one attached hydrogen (secondary N) is 1. The van der Waals surface area contributed by atoms with Crippen molar-refractivity contribution in [2.24, 2.45) is 5.92 Å². The van der Waals surface area contributed by atoms with Gasteiger partial charge in [0.2, 0.25) is 0 Å². The van der Waals surface area contributed by atoms with Crippen molar-refractivity contribution in [2.45, 2.75) is 51.5 Å². The van der Waals surface area contributed by atoms with Gasteiger partial charge in [0.1, 0.15) is 5.15 Å². The molecular weight excluding hydrogens is 240 g/mol. The average molecular weight is 259 g/mol. The van der Waals surface area contributed by atoms with E-state index in [1.165, 1.54) is 38.5 Å². The summed E-state index contributed by atoms with van der Waals surface area (Å²) in [4.78, 5) is 4.23. The smallest absolute Gasteiger partial charge is 0.184 e. The Hall–Kier alpha value is -0.280. The number of anilines is 1. The van der Waals surface area contributed by atoms with Crippen LogP contribution in [0.4, 0.5) is 5.13 Å². The van der Waals surface area contributed by atoms with Gasteiger partial charge >= 0.3 is 0 Å². The number of thiazole rings is 1. The van der Waals surface area contributed by atoms with E-state index in [-0.39, 0.29) is 0 Å². The lowest BCUT2D eigenvalue weighted by molar-refractivity contribution is 0.319. The molecule has 90 valence electrons. The molecule has 1 aliphatic rings. The van der Waals surface area contributed by atoms with Crippen molar-refractivity contribution in [3.63, 3.8) is 0 Å². The van der Waals surface area contributed by atoms with Crippen LogP contribution in [0.25, 0.3) is 0 Å².